The highest BCUT2D eigenvalue weighted by Gasteiger charge is 2.56. The second kappa shape index (κ2) is 8.60. The van der Waals surface area contributed by atoms with Gasteiger partial charge < -0.3 is 14.4 Å². The van der Waals surface area contributed by atoms with Gasteiger partial charge in [0.2, 0.25) is 0 Å². The topological polar surface area (TPSA) is 42.0 Å². The van der Waals surface area contributed by atoms with Gasteiger partial charge >= 0.3 is 0 Å². The molecule has 0 radical (unpaired) electrons. The standard InChI is InChI=1S/C21H32N2O3S/c1-25-13-14-26-19-16-23(21(19)9-3-2-4-10-21)17-7-11-22(12-8-17)20(24)18-6-5-15-27-18/h5-6,15,17,19H,2-4,7-14,16H2,1H3. The van der Waals surface area contributed by atoms with E-state index in [-0.39, 0.29) is 11.4 Å². The molecule has 27 heavy (non-hydrogen) atoms. The lowest BCUT2D eigenvalue weighted by atomic mass is 9.69. The van der Waals surface area contributed by atoms with E-state index < -0.39 is 0 Å². The van der Waals surface area contributed by atoms with Crippen molar-refractivity contribution in [3.8, 4) is 0 Å². The summed E-state index contributed by atoms with van der Waals surface area (Å²) in [6, 6.07) is 4.49. The minimum Gasteiger partial charge on any atom is -0.382 e. The Morgan fingerprint density at radius 3 is 2.67 bits per heavy atom. The highest BCUT2D eigenvalue weighted by molar-refractivity contribution is 7.12. The normalized spacial score (nSPS) is 26.3. The molecule has 0 aromatic carbocycles. The number of methoxy groups -OCH3 is 1. The molecule has 4 rings (SSSR count). The molecule has 1 amide bonds. The SMILES string of the molecule is COCCOC1CN(C2CCN(C(=O)c3cccs3)CC2)C12CCCCC2. The average molecular weight is 393 g/mol. The van der Waals surface area contributed by atoms with Crippen molar-refractivity contribution in [3.05, 3.63) is 22.4 Å². The third-order valence-corrected chi connectivity index (χ3v) is 7.64. The molecule has 1 saturated carbocycles. The molecule has 1 unspecified atom stereocenters. The summed E-state index contributed by atoms with van der Waals surface area (Å²) in [6.45, 7) is 4.18. The summed E-state index contributed by atoms with van der Waals surface area (Å²) in [4.78, 5) is 18.3. The Morgan fingerprint density at radius 1 is 1.22 bits per heavy atom. The molecule has 1 aromatic heterocycles. The molecule has 3 fully saturated rings. The fraction of sp³-hybridized carbons (Fsp3) is 0.762. The molecule has 3 aliphatic rings. The monoisotopic (exact) mass is 392 g/mol. The van der Waals surface area contributed by atoms with Gasteiger partial charge in [0.15, 0.2) is 0 Å². The minimum absolute atomic E-state index is 0.209. The molecule has 1 aromatic rings. The van der Waals surface area contributed by atoms with E-state index in [0.29, 0.717) is 25.4 Å². The van der Waals surface area contributed by atoms with Crippen LogP contribution in [-0.4, -0.2) is 73.3 Å². The first-order valence-electron chi connectivity index (χ1n) is 10.4. The number of piperidine rings is 1. The maximum Gasteiger partial charge on any atom is 0.263 e. The van der Waals surface area contributed by atoms with Crippen molar-refractivity contribution in [3.63, 3.8) is 0 Å². The Balaban J connectivity index is 1.35. The van der Waals surface area contributed by atoms with Gasteiger partial charge in [0, 0.05) is 38.3 Å². The van der Waals surface area contributed by atoms with Gasteiger partial charge in [0.1, 0.15) is 0 Å². The zero-order valence-electron chi connectivity index (χ0n) is 16.4. The zero-order chi connectivity index (χ0) is 18.7. The lowest BCUT2D eigenvalue weighted by molar-refractivity contribution is -0.203. The molecule has 2 aliphatic heterocycles. The molecule has 0 bridgehead atoms. The number of carbonyl (C=O) groups is 1. The molecule has 1 aliphatic carbocycles. The predicted molar refractivity (Wildman–Crippen MR) is 107 cm³/mol. The van der Waals surface area contributed by atoms with Crippen LogP contribution in [0.4, 0.5) is 0 Å². The average Bonchev–Trinajstić information content (AvgIpc) is 3.25. The Kier molecular flexibility index (Phi) is 6.17. The van der Waals surface area contributed by atoms with E-state index in [4.69, 9.17) is 9.47 Å². The van der Waals surface area contributed by atoms with Gasteiger partial charge in [-0.25, -0.2) is 0 Å². The predicted octanol–water partition coefficient (Wildman–Crippen LogP) is 3.40. The van der Waals surface area contributed by atoms with E-state index in [1.54, 1.807) is 18.4 Å². The first-order chi connectivity index (χ1) is 13.2. The van der Waals surface area contributed by atoms with Gasteiger partial charge in [0.05, 0.1) is 24.2 Å². The third-order valence-electron chi connectivity index (χ3n) is 6.78. The van der Waals surface area contributed by atoms with E-state index in [0.717, 1.165) is 37.4 Å². The summed E-state index contributed by atoms with van der Waals surface area (Å²) in [7, 11) is 1.73. The number of hydrogen-bond acceptors (Lipinski definition) is 5. The maximum absolute atomic E-state index is 12.6. The van der Waals surface area contributed by atoms with E-state index in [2.05, 4.69) is 4.90 Å². The molecule has 150 valence electrons. The van der Waals surface area contributed by atoms with E-state index in [9.17, 15) is 4.79 Å². The second-order valence-electron chi connectivity index (χ2n) is 8.17. The number of nitrogens with zero attached hydrogens (tertiary/aromatic N) is 2. The quantitative estimate of drug-likeness (QED) is 0.696. The molecule has 3 heterocycles. The van der Waals surface area contributed by atoms with Gasteiger partial charge in [-0.1, -0.05) is 25.3 Å². The van der Waals surface area contributed by atoms with Gasteiger partial charge in [-0.05, 0) is 37.1 Å². The highest BCUT2D eigenvalue weighted by atomic mass is 32.1. The van der Waals surface area contributed by atoms with Crippen LogP contribution in [0.5, 0.6) is 0 Å². The second-order valence-corrected chi connectivity index (χ2v) is 9.12. The van der Waals surface area contributed by atoms with Crippen molar-refractivity contribution in [1.82, 2.24) is 9.80 Å². The van der Waals surface area contributed by atoms with Crippen LogP contribution in [0.2, 0.25) is 0 Å². The fourth-order valence-corrected chi connectivity index (χ4v) is 6.00. The molecular formula is C21H32N2O3S. The van der Waals surface area contributed by atoms with Crippen LogP contribution in [0.1, 0.15) is 54.6 Å². The number of thiophene rings is 1. The third kappa shape index (κ3) is 3.82. The molecule has 2 saturated heterocycles. The number of hydrogen-bond donors (Lipinski definition) is 0. The minimum atomic E-state index is 0.209. The van der Waals surface area contributed by atoms with Crippen molar-refractivity contribution < 1.29 is 14.3 Å². The van der Waals surface area contributed by atoms with Crippen molar-refractivity contribution in [2.45, 2.75) is 62.6 Å². The summed E-state index contributed by atoms with van der Waals surface area (Å²) in [5.74, 6) is 0.209. The highest BCUT2D eigenvalue weighted by Crippen LogP contribution is 2.47. The lowest BCUT2D eigenvalue weighted by Crippen LogP contribution is -2.75. The lowest BCUT2D eigenvalue weighted by Gasteiger charge is -2.63. The van der Waals surface area contributed by atoms with Gasteiger partial charge in [-0.15, -0.1) is 11.3 Å². The van der Waals surface area contributed by atoms with Crippen molar-refractivity contribution in [2.75, 3.05) is 40.0 Å². The number of likely N-dealkylation sites (tertiary alicyclic amines) is 2. The molecular weight excluding hydrogens is 360 g/mol. The number of carbonyl (C=O) groups excluding carboxylic acids is 1. The maximum atomic E-state index is 12.6. The Hall–Kier alpha value is -0.950. The van der Waals surface area contributed by atoms with Crippen molar-refractivity contribution in [2.24, 2.45) is 0 Å². The summed E-state index contributed by atoms with van der Waals surface area (Å²) in [5, 5.41) is 1.98. The van der Waals surface area contributed by atoms with Crippen molar-refractivity contribution >= 4 is 17.2 Å². The van der Waals surface area contributed by atoms with E-state index in [1.807, 2.05) is 22.4 Å². The molecule has 6 heteroatoms. The van der Waals surface area contributed by atoms with E-state index in [1.165, 1.54) is 32.1 Å². The Labute approximate surface area is 166 Å². The number of ether oxygens (including phenoxy) is 2. The van der Waals surface area contributed by atoms with Gasteiger partial charge in [-0.3, -0.25) is 9.69 Å². The van der Waals surface area contributed by atoms with Crippen LogP contribution in [0.3, 0.4) is 0 Å². The number of rotatable bonds is 6. The molecule has 0 N–H and O–H groups in total. The van der Waals surface area contributed by atoms with Crippen LogP contribution in [0.15, 0.2) is 17.5 Å². The number of amides is 1. The van der Waals surface area contributed by atoms with Crippen molar-refractivity contribution in [1.29, 1.82) is 0 Å². The Bertz CT molecular complexity index is 607. The molecule has 5 nitrogen and oxygen atoms in total. The fourth-order valence-electron chi connectivity index (χ4n) is 5.31. The van der Waals surface area contributed by atoms with Crippen LogP contribution in [0.25, 0.3) is 0 Å². The Morgan fingerprint density at radius 2 is 2.00 bits per heavy atom. The first-order valence-corrected chi connectivity index (χ1v) is 11.3. The summed E-state index contributed by atoms with van der Waals surface area (Å²) in [5.41, 5.74) is 0.247. The summed E-state index contributed by atoms with van der Waals surface area (Å²) >= 11 is 1.55. The van der Waals surface area contributed by atoms with Crippen LogP contribution in [-0.2, 0) is 9.47 Å². The van der Waals surface area contributed by atoms with E-state index >= 15 is 0 Å². The summed E-state index contributed by atoms with van der Waals surface area (Å²) in [6.07, 6.45) is 9.05. The summed E-state index contributed by atoms with van der Waals surface area (Å²) < 4.78 is 11.4. The zero-order valence-corrected chi connectivity index (χ0v) is 17.2. The molecule has 1 atom stereocenters. The smallest absolute Gasteiger partial charge is 0.263 e. The van der Waals surface area contributed by atoms with Crippen LogP contribution >= 0.6 is 11.3 Å². The van der Waals surface area contributed by atoms with Crippen LogP contribution in [0, 0.1) is 0 Å². The van der Waals surface area contributed by atoms with Gasteiger partial charge in [-0.2, -0.15) is 0 Å². The largest absolute Gasteiger partial charge is 0.382 e. The van der Waals surface area contributed by atoms with Crippen LogP contribution < -0.4 is 0 Å². The molecule has 1 spiro atoms. The van der Waals surface area contributed by atoms with Gasteiger partial charge in [0.25, 0.3) is 5.91 Å². The first kappa shape index (κ1) is 19.4.